The molecule has 1 aliphatic heterocycles. The van der Waals surface area contributed by atoms with Gasteiger partial charge in [0.15, 0.2) is 28.6 Å². The quantitative estimate of drug-likeness (QED) is 0.678. The number of alkyl halides is 1. The van der Waals surface area contributed by atoms with E-state index in [9.17, 15) is 14.7 Å². The lowest BCUT2D eigenvalue weighted by Gasteiger charge is -2.62. The molecule has 0 aromatic carbocycles. The van der Waals surface area contributed by atoms with Crippen LogP contribution in [0.1, 0.15) is 60.3 Å². The minimum atomic E-state index is -2.16. The number of allylic oxidation sites excluding steroid dienone is 4. The van der Waals surface area contributed by atoms with Crippen LogP contribution in [0.5, 0.6) is 0 Å². The Kier molecular flexibility index (Phi) is 4.08. The molecule has 5 aliphatic rings. The second-order valence-corrected chi connectivity index (χ2v) is 11.0. The predicted octanol–water partition coefficient (Wildman–Crippen LogP) is 3.74. The van der Waals surface area contributed by atoms with Gasteiger partial charge in [-0.15, -0.1) is 0 Å². The molecule has 0 amide bonds. The van der Waals surface area contributed by atoms with Crippen LogP contribution in [0, 0.1) is 22.7 Å². The number of hydrogen-bond donors (Lipinski definition) is 1. The minimum Gasteiger partial charge on any atom is -0.390 e. The number of fused-ring (bicyclic) bond motifs is 7. The Morgan fingerprint density at radius 2 is 1.90 bits per heavy atom. The average Bonchev–Trinajstić information content (AvgIpc) is 3.06. The highest BCUT2D eigenvalue weighted by Gasteiger charge is 2.79. The number of ketones is 2. The molecule has 2 saturated carbocycles. The van der Waals surface area contributed by atoms with Gasteiger partial charge in [0, 0.05) is 29.6 Å². The molecule has 1 N–H and O–H groups in total. The van der Waals surface area contributed by atoms with Gasteiger partial charge in [0.2, 0.25) is 0 Å². The SMILES string of the molecule is CC(=O)[C@@]12OC(C)(C)O[C@@H]1CC1C3CC(F)=C4CC(=O)C=CC4(C)[C@@]3(F)[C@@H](O)CC12C. The molecule has 0 bridgehead atoms. The van der Waals surface area contributed by atoms with Crippen molar-refractivity contribution in [2.24, 2.45) is 22.7 Å². The summed E-state index contributed by atoms with van der Waals surface area (Å²) >= 11 is 0. The number of Topliss-reactive ketones (excluding diaryl/α,β-unsaturated/α-hetero) is 1. The molecule has 0 aromatic heterocycles. The van der Waals surface area contributed by atoms with Crippen molar-refractivity contribution in [2.75, 3.05) is 0 Å². The average molecular weight is 436 g/mol. The number of aliphatic hydroxyl groups is 1. The lowest BCUT2D eigenvalue weighted by Crippen LogP contribution is -2.69. The van der Waals surface area contributed by atoms with Gasteiger partial charge < -0.3 is 14.6 Å². The van der Waals surface area contributed by atoms with E-state index in [1.165, 1.54) is 19.1 Å². The maximum Gasteiger partial charge on any atom is 0.164 e. The highest BCUT2D eigenvalue weighted by molar-refractivity contribution is 5.93. The van der Waals surface area contributed by atoms with Crippen molar-refractivity contribution in [1.29, 1.82) is 0 Å². The fourth-order valence-electron chi connectivity index (χ4n) is 7.92. The summed E-state index contributed by atoms with van der Waals surface area (Å²) in [4.78, 5) is 25.0. The van der Waals surface area contributed by atoms with E-state index >= 15 is 8.78 Å². The Hall–Kier alpha value is -1.44. The number of carbonyl (C=O) groups is 2. The summed E-state index contributed by atoms with van der Waals surface area (Å²) < 4.78 is 44.8. The van der Waals surface area contributed by atoms with Gasteiger partial charge in [-0.2, -0.15) is 0 Å². The third-order valence-electron chi connectivity index (χ3n) is 9.17. The molecule has 170 valence electrons. The normalized spacial score (nSPS) is 52.5. The summed E-state index contributed by atoms with van der Waals surface area (Å²) in [5, 5.41) is 11.3. The molecule has 7 heteroatoms. The van der Waals surface area contributed by atoms with Crippen LogP contribution in [0.4, 0.5) is 8.78 Å². The molecule has 5 rings (SSSR count). The van der Waals surface area contributed by atoms with Gasteiger partial charge in [0.25, 0.3) is 0 Å². The molecule has 1 heterocycles. The largest absolute Gasteiger partial charge is 0.390 e. The van der Waals surface area contributed by atoms with E-state index in [1.54, 1.807) is 20.8 Å². The smallest absolute Gasteiger partial charge is 0.164 e. The zero-order valence-electron chi connectivity index (χ0n) is 18.6. The molecule has 4 unspecified atom stereocenters. The van der Waals surface area contributed by atoms with E-state index in [4.69, 9.17) is 9.47 Å². The monoisotopic (exact) mass is 436 g/mol. The lowest BCUT2D eigenvalue weighted by molar-refractivity contribution is -0.243. The van der Waals surface area contributed by atoms with Gasteiger partial charge in [0.05, 0.1) is 12.2 Å². The van der Waals surface area contributed by atoms with Crippen molar-refractivity contribution in [3.05, 3.63) is 23.6 Å². The molecule has 4 aliphatic carbocycles. The summed E-state index contributed by atoms with van der Waals surface area (Å²) in [7, 11) is 0. The van der Waals surface area contributed by atoms with Crippen LogP contribution in [0.15, 0.2) is 23.6 Å². The zero-order chi connectivity index (χ0) is 22.8. The van der Waals surface area contributed by atoms with Crippen LogP contribution in [-0.2, 0) is 19.1 Å². The van der Waals surface area contributed by atoms with Crippen LogP contribution in [-0.4, -0.2) is 45.9 Å². The van der Waals surface area contributed by atoms with Crippen molar-refractivity contribution < 1.29 is 33.0 Å². The highest BCUT2D eigenvalue weighted by Crippen LogP contribution is 2.72. The van der Waals surface area contributed by atoms with E-state index in [2.05, 4.69) is 0 Å². The zero-order valence-corrected chi connectivity index (χ0v) is 18.6. The van der Waals surface area contributed by atoms with Gasteiger partial charge in [-0.25, -0.2) is 8.78 Å². The minimum absolute atomic E-state index is 0.00748. The van der Waals surface area contributed by atoms with Crippen molar-refractivity contribution in [3.8, 4) is 0 Å². The molecule has 3 fully saturated rings. The lowest BCUT2D eigenvalue weighted by atomic mass is 9.45. The molecule has 0 spiro atoms. The van der Waals surface area contributed by atoms with Crippen LogP contribution in [0.2, 0.25) is 0 Å². The topological polar surface area (TPSA) is 72.8 Å². The first-order valence-electron chi connectivity index (χ1n) is 11.1. The molecule has 0 aromatic rings. The molecule has 1 saturated heterocycles. The number of aliphatic hydroxyl groups excluding tert-OH is 1. The first-order valence-corrected chi connectivity index (χ1v) is 11.1. The van der Waals surface area contributed by atoms with Crippen molar-refractivity contribution in [2.45, 2.75) is 89.6 Å². The molecule has 0 radical (unpaired) electrons. The fraction of sp³-hybridized carbons (Fsp3) is 0.750. The Labute approximate surface area is 180 Å². The molecular weight excluding hydrogens is 406 g/mol. The number of hydrogen-bond acceptors (Lipinski definition) is 5. The second kappa shape index (κ2) is 5.91. The van der Waals surface area contributed by atoms with E-state index < -0.39 is 57.8 Å². The summed E-state index contributed by atoms with van der Waals surface area (Å²) in [6.45, 7) is 8.37. The number of ether oxygens (including phenoxy) is 2. The molecular formula is C24H30F2O5. The van der Waals surface area contributed by atoms with E-state index in [0.717, 1.165) is 0 Å². The number of halogens is 2. The van der Waals surface area contributed by atoms with Gasteiger partial charge in [0.1, 0.15) is 5.83 Å². The Morgan fingerprint density at radius 3 is 2.55 bits per heavy atom. The molecule has 5 nitrogen and oxygen atoms in total. The van der Waals surface area contributed by atoms with Gasteiger partial charge in [-0.05, 0) is 58.1 Å². The van der Waals surface area contributed by atoms with Crippen molar-refractivity contribution >= 4 is 11.6 Å². The van der Waals surface area contributed by atoms with Crippen LogP contribution in [0.25, 0.3) is 0 Å². The van der Waals surface area contributed by atoms with Crippen LogP contribution in [0.3, 0.4) is 0 Å². The van der Waals surface area contributed by atoms with E-state index in [-0.39, 0.29) is 36.4 Å². The van der Waals surface area contributed by atoms with Crippen molar-refractivity contribution in [3.63, 3.8) is 0 Å². The third-order valence-corrected chi connectivity index (χ3v) is 9.17. The number of carbonyl (C=O) groups excluding carboxylic acids is 2. The van der Waals surface area contributed by atoms with Gasteiger partial charge in [-0.3, -0.25) is 9.59 Å². The van der Waals surface area contributed by atoms with Crippen LogP contribution < -0.4 is 0 Å². The van der Waals surface area contributed by atoms with Gasteiger partial charge >= 0.3 is 0 Å². The maximum absolute atomic E-state index is 17.1. The summed E-state index contributed by atoms with van der Waals surface area (Å²) in [6.07, 6.45) is 0.655. The summed E-state index contributed by atoms with van der Waals surface area (Å²) in [5.74, 6) is -3.25. The fourth-order valence-corrected chi connectivity index (χ4v) is 7.92. The van der Waals surface area contributed by atoms with E-state index in [0.29, 0.717) is 6.42 Å². The summed E-state index contributed by atoms with van der Waals surface area (Å²) in [6, 6.07) is 0. The Morgan fingerprint density at radius 1 is 1.23 bits per heavy atom. The highest BCUT2D eigenvalue weighted by atomic mass is 19.1. The van der Waals surface area contributed by atoms with Crippen molar-refractivity contribution in [1.82, 2.24) is 0 Å². The molecule has 8 atom stereocenters. The van der Waals surface area contributed by atoms with E-state index in [1.807, 2.05) is 6.92 Å². The standard InChI is InChI=1S/C24H30F2O5/c1-12(27)24-19(30-20(2,3)31-24)10-14-15-9-17(25)16-8-13(28)6-7-21(16,4)23(15,26)18(29)11-22(14,24)5/h6-7,14-15,18-19,29H,8-11H2,1-5H3/t14?,15?,18-,19+,21?,22?,23-,24+/m0/s1. The van der Waals surface area contributed by atoms with Crippen LogP contribution >= 0.6 is 0 Å². The first-order chi connectivity index (χ1) is 14.2. The predicted molar refractivity (Wildman–Crippen MR) is 107 cm³/mol. The Bertz CT molecular complexity index is 956. The maximum atomic E-state index is 17.1. The third kappa shape index (κ3) is 2.25. The first kappa shape index (κ1) is 21.4. The molecule has 31 heavy (non-hydrogen) atoms. The summed E-state index contributed by atoms with van der Waals surface area (Å²) in [5.41, 5.74) is -5.68. The number of rotatable bonds is 1. The second-order valence-electron chi connectivity index (χ2n) is 11.0. The van der Waals surface area contributed by atoms with Gasteiger partial charge in [-0.1, -0.05) is 13.0 Å². The Balaban J connectivity index is 1.67.